The first-order valence-corrected chi connectivity index (χ1v) is 7.34. The SMILES string of the molecule is CC(C)(O)Cn1cnc2ncc(-c3ccc(C(F)(F)F)cc3)cc21. The summed E-state index contributed by atoms with van der Waals surface area (Å²) in [5, 5.41) is 9.97. The number of nitrogens with zero attached hydrogens (tertiary/aromatic N) is 3. The number of rotatable bonds is 3. The molecule has 126 valence electrons. The average molecular weight is 335 g/mol. The van der Waals surface area contributed by atoms with Crippen molar-refractivity contribution < 1.29 is 18.3 Å². The molecule has 24 heavy (non-hydrogen) atoms. The number of aliphatic hydroxyl groups is 1. The van der Waals surface area contributed by atoms with Crippen molar-refractivity contribution in [2.75, 3.05) is 0 Å². The molecule has 0 saturated heterocycles. The Morgan fingerprint density at radius 3 is 2.29 bits per heavy atom. The van der Waals surface area contributed by atoms with E-state index in [-0.39, 0.29) is 0 Å². The fourth-order valence-electron chi connectivity index (χ4n) is 2.50. The van der Waals surface area contributed by atoms with Crippen LogP contribution in [-0.2, 0) is 12.7 Å². The van der Waals surface area contributed by atoms with Crippen molar-refractivity contribution in [1.29, 1.82) is 0 Å². The zero-order chi connectivity index (χ0) is 17.5. The van der Waals surface area contributed by atoms with Crippen molar-refractivity contribution in [3.8, 4) is 11.1 Å². The lowest BCUT2D eigenvalue weighted by atomic mass is 10.1. The van der Waals surface area contributed by atoms with Crippen LogP contribution >= 0.6 is 0 Å². The Morgan fingerprint density at radius 2 is 1.71 bits per heavy atom. The summed E-state index contributed by atoms with van der Waals surface area (Å²) in [6, 6.07) is 6.75. The molecule has 2 aromatic heterocycles. The van der Waals surface area contributed by atoms with Gasteiger partial charge in [0.1, 0.15) is 0 Å². The van der Waals surface area contributed by atoms with E-state index in [4.69, 9.17) is 0 Å². The summed E-state index contributed by atoms with van der Waals surface area (Å²) < 4.78 is 39.7. The number of benzene rings is 1. The first-order chi connectivity index (χ1) is 11.1. The van der Waals surface area contributed by atoms with E-state index in [1.54, 1.807) is 30.9 Å². The first-order valence-electron chi connectivity index (χ1n) is 7.34. The summed E-state index contributed by atoms with van der Waals surface area (Å²) in [5.41, 5.74) is 0.955. The summed E-state index contributed by atoms with van der Waals surface area (Å²) in [6.45, 7) is 3.71. The number of halogens is 3. The third kappa shape index (κ3) is 3.41. The highest BCUT2D eigenvalue weighted by Crippen LogP contribution is 2.31. The molecule has 3 aromatic rings. The van der Waals surface area contributed by atoms with Crippen LogP contribution in [0, 0.1) is 0 Å². The van der Waals surface area contributed by atoms with E-state index in [0.717, 1.165) is 17.6 Å². The molecule has 7 heteroatoms. The number of fused-ring (bicyclic) bond motifs is 1. The molecule has 0 aliphatic carbocycles. The third-order valence-corrected chi connectivity index (χ3v) is 3.58. The van der Waals surface area contributed by atoms with Gasteiger partial charge in [-0.3, -0.25) is 0 Å². The second-order valence-corrected chi connectivity index (χ2v) is 6.33. The molecule has 0 fully saturated rings. The van der Waals surface area contributed by atoms with Gasteiger partial charge in [0.15, 0.2) is 5.65 Å². The molecule has 1 aromatic carbocycles. The highest BCUT2D eigenvalue weighted by Gasteiger charge is 2.30. The molecule has 0 aliphatic heterocycles. The van der Waals surface area contributed by atoms with Gasteiger partial charge in [-0.2, -0.15) is 13.2 Å². The zero-order valence-electron chi connectivity index (χ0n) is 13.2. The summed E-state index contributed by atoms with van der Waals surface area (Å²) >= 11 is 0. The fraction of sp³-hybridized carbons (Fsp3) is 0.294. The van der Waals surface area contributed by atoms with Crippen molar-refractivity contribution in [1.82, 2.24) is 14.5 Å². The van der Waals surface area contributed by atoms with Crippen LogP contribution in [0.3, 0.4) is 0 Å². The van der Waals surface area contributed by atoms with Gasteiger partial charge in [-0.25, -0.2) is 9.97 Å². The number of alkyl halides is 3. The third-order valence-electron chi connectivity index (χ3n) is 3.58. The van der Waals surface area contributed by atoms with Gasteiger partial charge in [-0.05, 0) is 37.6 Å². The highest BCUT2D eigenvalue weighted by atomic mass is 19.4. The van der Waals surface area contributed by atoms with Crippen molar-refractivity contribution in [2.45, 2.75) is 32.2 Å². The van der Waals surface area contributed by atoms with E-state index in [1.807, 2.05) is 6.07 Å². The number of aromatic nitrogens is 3. The predicted molar refractivity (Wildman–Crippen MR) is 84.3 cm³/mol. The van der Waals surface area contributed by atoms with Crippen LogP contribution in [0.2, 0.25) is 0 Å². The molecule has 2 heterocycles. The van der Waals surface area contributed by atoms with Crippen LogP contribution in [0.25, 0.3) is 22.3 Å². The maximum atomic E-state index is 12.7. The number of imidazole rings is 1. The van der Waals surface area contributed by atoms with Gasteiger partial charge >= 0.3 is 6.18 Å². The Hall–Kier alpha value is -2.41. The average Bonchev–Trinajstić information content (AvgIpc) is 2.87. The maximum absolute atomic E-state index is 12.7. The van der Waals surface area contributed by atoms with Crippen molar-refractivity contribution >= 4 is 11.2 Å². The molecule has 4 nitrogen and oxygen atoms in total. The number of pyridine rings is 1. The van der Waals surface area contributed by atoms with Crippen LogP contribution in [-0.4, -0.2) is 25.2 Å². The Kier molecular flexibility index (Phi) is 3.83. The molecule has 0 amide bonds. The molecule has 1 N–H and O–H groups in total. The Bertz CT molecular complexity index is 861. The van der Waals surface area contributed by atoms with Crippen molar-refractivity contribution in [3.05, 3.63) is 48.4 Å². The van der Waals surface area contributed by atoms with Gasteiger partial charge in [-0.1, -0.05) is 12.1 Å². The Balaban J connectivity index is 1.99. The van der Waals surface area contributed by atoms with E-state index in [2.05, 4.69) is 9.97 Å². The second-order valence-electron chi connectivity index (χ2n) is 6.33. The van der Waals surface area contributed by atoms with Crippen LogP contribution in [0.15, 0.2) is 42.9 Å². The first kappa shape index (κ1) is 16.4. The van der Waals surface area contributed by atoms with Crippen LogP contribution < -0.4 is 0 Å². The molecule has 0 unspecified atom stereocenters. The second kappa shape index (κ2) is 5.59. The lowest BCUT2D eigenvalue weighted by Gasteiger charge is -2.18. The quantitative estimate of drug-likeness (QED) is 0.790. The smallest absolute Gasteiger partial charge is 0.389 e. The standard InChI is InChI=1S/C17H16F3N3O/c1-16(2,24)9-23-10-22-15-14(23)7-12(8-21-15)11-3-5-13(6-4-11)17(18,19)20/h3-8,10,24H,9H2,1-2H3. The van der Waals surface area contributed by atoms with Crippen molar-refractivity contribution in [3.63, 3.8) is 0 Å². The monoisotopic (exact) mass is 335 g/mol. The maximum Gasteiger partial charge on any atom is 0.416 e. The molecule has 0 saturated carbocycles. The molecule has 0 spiro atoms. The summed E-state index contributed by atoms with van der Waals surface area (Å²) in [7, 11) is 0. The summed E-state index contributed by atoms with van der Waals surface area (Å²) in [5.74, 6) is 0. The molecule has 0 bridgehead atoms. The van der Waals surface area contributed by atoms with E-state index in [0.29, 0.717) is 23.3 Å². The topological polar surface area (TPSA) is 50.9 Å². The number of hydrogen-bond donors (Lipinski definition) is 1. The van der Waals surface area contributed by atoms with Gasteiger partial charge in [0.25, 0.3) is 0 Å². The van der Waals surface area contributed by atoms with E-state index in [1.165, 1.54) is 12.1 Å². The van der Waals surface area contributed by atoms with Crippen molar-refractivity contribution in [2.24, 2.45) is 0 Å². The molecular weight excluding hydrogens is 319 g/mol. The van der Waals surface area contributed by atoms with E-state index in [9.17, 15) is 18.3 Å². The van der Waals surface area contributed by atoms with Gasteiger partial charge in [0, 0.05) is 11.8 Å². The Labute approximate surface area is 136 Å². The normalized spacial score (nSPS) is 12.8. The van der Waals surface area contributed by atoms with E-state index >= 15 is 0 Å². The molecule has 0 atom stereocenters. The minimum atomic E-state index is -4.36. The van der Waals surface area contributed by atoms with Gasteiger partial charge in [-0.15, -0.1) is 0 Å². The Morgan fingerprint density at radius 1 is 1.04 bits per heavy atom. The molecule has 0 radical (unpaired) electrons. The molecule has 0 aliphatic rings. The number of hydrogen-bond acceptors (Lipinski definition) is 3. The lowest BCUT2D eigenvalue weighted by Crippen LogP contribution is -2.25. The van der Waals surface area contributed by atoms with Gasteiger partial charge in [0.2, 0.25) is 0 Å². The highest BCUT2D eigenvalue weighted by molar-refractivity contribution is 5.78. The minimum Gasteiger partial charge on any atom is -0.389 e. The fourth-order valence-corrected chi connectivity index (χ4v) is 2.50. The largest absolute Gasteiger partial charge is 0.416 e. The summed E-state index contributed by atoms with van der Waals surface area (Å²) in [4.78, 5) is 8.42. The molecule has 3 rings (SSSR count). The van der Waals surface area contributed by atoms with Crippen LogP contribution in [0.1, 0.15) is 19.4 Å². The minimum absolute atomic E-state index is 0.335. The van der Waals surface area contributed by atoms with Crippen LogP contribution in [0.5, 0.6) is 0 Å². The predicted octanol–water partition coefficient (Wildman–Crippen LogP) is 3.89. The lowest BCUT2D eigenvalue weighted by molar-refractivity contribution is -0.137. The molecular formula is C17H16F3N3O. The summed E-state index contributed by atoms with van der Waals surface area (Å²) in [6.07, 6.45) is -1.19. The van der Waals surface area contributed by atoms with Crippen LogP contribution in [0.4, 0.5) is 13.2 Å². The van der Waals surface area contributed by atoms with Gasteiger partial charge < -0.3 is 9.67 Å². The van der Waals surface area contributed by atoms with E-state index < -0.39 is 17.3 Å². The zero-order valence-corrected chi connectivity index (χ0v) is 13.2. The van der Waals surface area contributed by atoms with Gasteiger partial charge in [0.05, 0.1) is 29.6 Å².